The van der Waals surface area contributed by atoms with Crippen LogP contribution in [-0.4, -0.2) is 35.5 Å². The minimum absolute atomic E-state index is 0.0352. The van der Waals surface area contributed by atoms with Gasteiger partial charge < -0.3 is 4.74 Å². The van der Waals surface area contributed by atoms with E-state index in [1.54, 1.807) is 21.6 Å². The van der Waals surface area contributed by atoms with Crippen LogP contribution in [0.15, 0.2) is 54.9 Å². The highest BCUT2D eigenvalue weighted by molar-refractivity contribution is 5.85. The summed E-state index contributed by atoms with van der Waals surface area (Å²) in [6, 6.07) is 13.5. The Kier molecular flexibility index (Phi) is 5.62. The first-order chi connectivity index (χ1) is 14.9. The molecule has 8 heteroatoms. The van der Waals surface area contributed by atoms with Crippen LogP contribution in [0.3, 0.4) is 0 Å². The molecule has 31 heavy (non-hydrogen) atoms. The molecule has 0 aliphatic carbocycles. The average molecular weight is 416 g/mol. The van der Waals surface area contributed by atoms with Crippen molar-refractivity contribution in [2.75, 3.05) is 0 Å². The molecule has 1 aromatic carbocycles. The van der Waals surface area contributed by atoms with E-state index in [9.17, 15) is 4.79 Å². The van der Waals surface area contributed by atoms with Crippen molar-refractivity contribution in [1.82, 2.24) is 29.5 Å². The number of ether oxygens (including phenoxy) is 1. The van der Waals surface area contributed by atoms with Gasteiger partial charge in [-0.25, -0.2) is 24.1 Å². The van der Waals surface area contributed by atoms with Crippen molar-refractivity contribution < 1.29 is 9.53 Å². The van der Waals surface area contributed by atoms with Crippen molar-refractivity contribution >= 4 is 5.97 Å². The third-order valence-corrected chi connectivity index (χ3v) is 4.88. The first kappa shape index (κ1) is 20.5. The second-order valence-electron chi connectivity index (χ2n) is 7.61. The standard InChI is InChI=1S/C23H24N6O2/c1-15(2)19-7-5-6-8-20(19)29-17(4)25-22(27-29)23(30)31-14-18-9-11-24-21(13-18)28-12-10-16(3)26-28/h5-13,15H,14H2,1-4H3. The average Bonchev–Trinajstić information content (AvgIpc) is 3.38. The molecule has 0 fully saturated rings. The number of aryl methyl sites for hydroxylation is 2. The molecule has 3 heterocycles. The van der Waals surface area contributed by atoms with Crippen LogP contribution in [0.2, 0.25) is 0 Å². The van der Waals surface area contributed by atoms with Crippen LogP contribution in [0, 0.1) is 13.8 Å². The number of benzene rings is 1. The zero-order valence-corrected chi connectivity index (χ0v) is 18.0. The molecular weight excluding hydrogens is 392 g/mol. The maximum Gasteiger partial charge on any atom is 0.378 e. The lowest BCUT2D eigenvalue weighted by Crippen LogP contribution is -2.09. The number of nitrogens with zero attached hydrogens (tertiary/aromatic N) is 6. The van der Waals surface area contributed by atoms with E-state index in [4.69, 9.17) is 4.74 Å². The maximum absolute atomic E-state index is 12.6. The number of para-hydroxylation sites is 1. The van der Waals surface area contributed by atoms with Gasteiger partial charge in [-0.1, -0.05) is 32.0 Å². The molecular formula is C23H24N6O2. The predicted molar refractivity (Wildman–Crippen MR) is 115 cm³/mol. The van der Waals surface area contributed by atoms with E-state index < -0.39 is 5.97 Å². The van der Waals surface area contributed by atoms with Gasteiger partial charge in [0.2, 0.25) is 0 Å². The molecule has 0 aliphatic rings. The van der Waals surface area contributed by atoms with E-state index in [0.29, 0.717) is 17.6 Å². The quantitative estimate of drug-likeness (QED) is 0.442. The molecule has 0 aliphatic heterocycles. The molecule has 0 amide bonds. The number of esters is 1. The van der Waals surface area contributed by atoms with Gasteiger partial charge in [0.05, 0.1) is 11.4 Å². The molecule has 0 radical (unpaired) electrons. The minimum atomic E-state index is -0.572. The monoisotopic (exact) mass is 416 g/mol. The molecule has 8 nitrogen and oxygen atoms in total. The van der Waals surface area contributed by atoms with Crippen molar-refractivity contribution in [2.24, 2.45) is 0 Å². The van der Waals surface area contributed by atoms with Gasteiger partial charge in [0.1, 0.15) is 12.4 Å². The third-order valence-electron chi connectivity index (χ3n) is 4.88. The van der Waals surface area contributed by atoms with Crippen molar-refractivity contribution in [3.05, 3.63) is 83.3 Å². The largest absolute Gasteiger partial charge is 0.455 e. The third kappa shape index (κ3) is 4.37. The van der Waals surface area contributed by atoms with Crippen LogP contribution in [0.4, 0.5) is 0 Å². The van der Waals surface area contributed by atoms with Gasteiger partial charge in [-0.15, -0.1) is 5.10 Å². The normalized spacial score (nSPS) is 11.1. The zero-order chi connectivity index (χ0) is 22.0. The maximum atomic E-state index is 12.6. The van der Waals surface area contributed by atoms with Gasteiger partial charge in [0.15, 0.2) is 5.82 Å². The molecule has 0 atom stereocenters. The lowest BCUT2D eigenvalue weighted by Gasteiger charge is -2.12. The van der Waals surface area contributed by atoms with E-state index in [0.717, 1.165) is 22.5 Å². The molecule has 0 unspecified atom stereocenters. The van der Waals surface area contributed by atoms with Crippen LogP contribution in [0.5, 0.6) is 0 Å². The summed E-state index contributed by atoms with van der Waals surface area (Å²) < 4.78 is 8.83. The number of hydrogen-bond donors (Lipinski definition) is 0. The van der Waals surface area contributed by atoms with Gasteiger partial charge >= 0.3 is 5.97 Å². The number of pyridine rings is 1. The summed E-state index contributed by atoms with van der Waals surface area (Å²) in [4.78, 5) is 21.2. The Morgan fingerprint density at radius 2 is 1.90 bits per heavy atom. The number of aromatic nitrogens is 6. The summed E-state index contributed by atoms with van der Waals surface area (Å²) in [5.41, 5.74) is 3.74. The van der Waals surface area contributed by atoms with Crippen molar-refractivity contribution in [3.63, 3.8) is 0 Å². The highest BCUT2D eigenvalue weighted by atomic mass is 16.5. The Labute approximate surface area is 180 Å². The van der Waals surface area contributed by atoms with Crippen LogP contribution >= 0.6 is 0 Å². The molecule has 0 saturated heterocycles. The second kappa shape index (κ2) is 8.51. The Hall–Kier alpha value is -3.81. The zero-order valence-electron chi connectivity index (χ0n) is 18.0. The summed E-state index contributed by atoms with van der Waals surface area (Å²) in [6.07, 6.45) is 3.50. The summed E-state index contributed by atoms with van der Waals surface area (Å²) in [7, 11) is 0. The molecule has 0 bridgehead atoms. The first-order valence-corrected chi connectivity index (χ1v) is 10.1. The van der Waals surface area contributed by atoms with Crippen LogP contribution in [0.1, 0.15) is 53.0 Å². The Morgan fingerprint density at radius 1 is 1.10 bits per heavy atom. The molecule has 158 valence electrons. The van der Waals surface area contributed by atoms with Gasteiger partial charge in [0.25, 0.3) is 5.82 Å². The summed E-state index contributed by atoms with van der Waals surface area (Å²) in [6.45, 7) is 8.06. The number of rotatable bonds is 6. The second-order valence-corrected chi connectivity index (χ2v) is 7.61. The fraction of sp³-hybridized carbons (Fsp3) is 0.261. The van der Waals surface area contributed by atoms with Gasteiger partial charge in [-0.3, -0.25) is 0 Å². The van der Waals surface area contributed by atoms with Crippen molar-refractivity contribution in [2.45, 2.75) is 40.2 Å². The number of carbonyl (C=O) groups excluding carboxylic acids is 1. The van der Waals surface area contributed by atoms with Gasteiger partial charge in [-0.05, 0) is 55.2 Å². The van der Waals surface area contributed by atoms with Crippen LogP contribution < -0.4 is 0 Å². The first-order valence-electron chi connectivity index (χ1n) is 10.1. The van der Waals surface area contributed by atoms with E-state index >= 15 is 0 Å². The molecule has 0 N–H and O–H groups in total. The molecule has 4 aromatic rings. The lowest BCUT2D eigenvalue weighted by molar-refractivity contribution is 0.0458. The Morgan fingerprint density at radius 3 is 2.65 bits per heavy atom. The van der Waals surface area contributed by atoms with Crippen molar-refractivity contribution in [1.29, 1.82) is 0 Å². The van der Waals surface area contributed by atoms with E-state index in [1.165, 1.54) is 0 Å². The Bertz CT molecular complexity index is 1220. The van der Waals surface area contributed by atoms with Gasteiger partial charge in [0, 0.05) is 12.4 Å². The molecule has 4 rings (SSSR count). The van der Waals surface area contributed by atoms with Crippen molar-refractivity contribution in [3.8, 4) is 11.5 Å². The van der Waals surface area contributed by atoms with Gasteiger partial charge in [-0.2, -0.15) is 5.10 Å². The Balaban J connectivity index is 1.50. The molecule has 3 aromatic heterocycles. The summed E-state index contributed by atoms with van der Waals surface area (Å²) >= 11 is 0. The van der Waals surface area contributed by atoms with E-state index in [2.05, 4.69) is 40.1 Å². The lowest BCUT2D eigenvalue weighted by atomic mass is 10.0. The smallest absolute Gasteiger partial charge is 0.378 e. The molecule has 0 saturated carbocycles. The summed E-state index contributed by atoms with van der Waals surface area (Å²) in [5, 5.41) is 8.76. The summed E-state index contributed by atoms with van der Waals surface area (Å²) in [5.74, 6) is 1.06. The highest BCUT2D eigenvalue weighted by Crippen LogP contribution is 2.23. The van der Waals surface area contributed by atoms with E-state index in [1.807, 2.05) is 50.4 Å². The number of hydrogen-bond acceptors (Lipinski definition) is 6. The number of carbonyl (C=O) groups is 1. The molecule has 0 spiro atoms. The van der Waals surface area contributed by atoms with E-state index in [-0.39, 0.29) is 12.4 Å². The van der Waals surface area contributed by atoms with Crippen LogP contribution in [-0.2, 0) is 11.3 Å². The fourth-order valence-electron chi connectivity index (χ4n) is 3.31. The highest BCUT2D eigenvalue weighted by Gasteiger charge is 2.19. The minimum Gasteiger partial charge on any atom is -0.455 e. The fourth-order valence-corrected chi connectivity index (χ4v) is 3.31. The van der Waals surface area contributed by atoms with Crippen LogP contribution in [0.25, 0.3) is 11.5 Å². The topological polar surface area (TPSA) is 87.7 Å². The SMILES string of the molecule is Cc1ccn(-c2cc(COC(=O)c3nc(C)n(-c4ccccc4C(C)C)n3)ccn2)n1. The predicted octanol–water partition coefficient (Wildman–Crippen LogP) is 3.95.